The molecule has 0 unspecified atom stereocenters. The fraction of sp³-hybridized carbons (Fsp3) is 0.300. The maximum atomic E-state index is 11.2. The molecule has 0 radical (unpaired) electrons. The molecule has 1 aromatic rings. The molecule has 0 saturated heterocycles. The number of benzene rings is 1. The van der Waals surface area contributed by atoms with Crippen molar-refractivity contribution in [1.82, 2.24) is 0 Å². The van der Waals surface area contributed by atoms with Crippen molar-refractivity contribution >= 4 is 45.9 Å². The molecular formula is C10H8Cl3NO. The zero-order valence-electron chi connectivity index (χ0n) is 7.77. The van der Waals surface area contributed by atoms with E-state index in [1.807, 2.05) is 6.07 Å². The first-order valence-electron chi connectivity index (χ1n) is 4.54. The Morgan fingerprint density at radius 2 is 2.07 bits per heavy atom. The molecule has 0 bridgehead atoms. The van der Waals surface area contributed by atoms with Gasteiger partial charge in [-0.3, -0.25) is 9.69 Å². The van der Waals surface area contributed by atoms with Gasteiger partial charge in [-0.2, -0.15) is 0 Å². The molecule has 1 aromatic carbocycles. The lowest BCUT2D eigenvalue weighted by molar-refractivity contribution is 0.263. The van der Waals surface area contributed by atoms with Crippen LogP contribution >= 0.6 is 34.8 Å². The summed E-state index contributed by atoms with van der Waals surface area (Å²) >= 11 is 17.4. The number of carbonyl (C=O) groups is 1. The molecule has 0 aromatic heterocycles. The molecule has 0 saturated carbocycles. The second kappa shape index (κ2) is 4.20. The first-order valence-corrected chi connectivity index (χ1v) is 5.68. The number of nitrogens with zero attached hydrogens (tertiary/aromatic N) is 1. The van der Waals surface area contributed by atoms with Gasteiger partial charge in [-0.05, 0) is 42.1 Å². The maximum absolute atomic E-state index is 11.2. The van der Waals surface area contributed by atoms with Crippen molar-refractivity contribution in [1.29, 1.82) is 0 Å². The van der Waals surface area contributed by atoms with Crippen LogP contribution in [0.2, 0.25) is 10.0 Å². The highest BCUT2D eigenvalue weighted by Crippen LogP contribution is 2.37. The Bertz CT molecular complexity index is 419. The highest BCUT2D eigenvalue weighted by molar-refractivity contribution is 6.66. The molecule has 0 fully saturated rings. The van der Waals surface area contributed by atoms with Crippen molar-refractivity contribution in [2.45, 2.75) is 12.8 Å². The number of amides is 1. The molecule has 1 aliphatic rings. The van der Waals surface area contributed by atoms with Crippen molar-refractivity contribution in [2.75, 3.05) is 11.4 Å². The number of carbonyl (C=O) groups excluding carboxylic acids is 1. The molecule has 80 valence electrons. The minimum Gasteiger partial charge on any atom is -0.297 e. The number of fused-ring (bicyclic) bond motifs is 1. The van der Waals surface area contributed by atoms with Crippen molar-refractivity contribution in [3.8, 4) is 0 Å². The summed E-state index contributed by atoms with van der Waals surface area (Å²) in [5, 5.41) is 0.564. The van der Waals surface area contributed by atoms with Gasteiger partial charge in [0.2, 0.25) is 0 Å². The highest BCUT2D eigenvalue weighted by atomic mass is 35.5. The lowest BCUT2D eigenvalue weighted by Crippen LogP contribution is -2.31. The second-order valence-corrected chi connectivity index (χ2v) is 4.57. The predicted octanol–water partition coefficient (Wildman–Crippen LogP) is 4.10. The van der Waals surface area contributed by atoms with Gasteiger partial charge in [-0.15, -0.1) is 0 Å². The van der Waals surface area contributed by atoms with Crippen molar-refractivity contribution < 1.29 is 4.79 Å². The van der Waals surface area contributed by atoms with Crippen LogP contribution in [0.1, 0.15) is 12.0 Å². The van der Waals surface area contributed by atoms with Gasteiger partial charge in [-0.1, -0.05) is 23.2 Å². The smallest absolute Gasteiger partial charge is 0.297 e. The van der Waals surface area contributed by atoms with Gasteiger partial charge in [0, 0.05) is 11.6 Å². The summed E-state index contributed by atoms with van der Waals surface area (Å²) in [6.45, 7) is 0.608. The number of hydrogen-bond donors (Lipinski definition) is 0. The van der Waals surface area contributed by atoms with E-state index in [2.05, 4.69) is 0 Å². The first kappa shape index (κ1) is 11.1. The molecule has 15 heavy (non-hydrogen) atoms. The summed E-state index contributed by atoms with van der Waals surface area (Å²) in [4.78, 5) is 12.7. The number of anilines is 1. The van der Waals surface area contributed by atoms with E-state index in [1.54, 1.807) is 6.07 Å². The Morgan fingerprint density at radius 1 is 1.33 bits per heavy atom. The molecule has 0 atom stereocenters. The summed E-state index contributed by atoms with van der Waals surface area (Å²) in [5.41, 5.74) is 1.68. The summed E-state index contributed by atoms with van der Waals surface area (Å²) in [7, 11) is 0. The average Bonchev–Trinajstić information content (AvgIpc) is 2.16. The highest BCUT2D eigenvalue weighted by Gasteiger charge is 2.24. The summed E-state index contributed by atoms with van der Waals surface area (Å²) < 4.78 is 0. The summed E-state index contributed by atoms with van der Waals surface area (Å²) in [6, 6.07) is 3.45. The van der Waals surface area contributed by atoms with Crippen LogP contribution < -0.4 is 4.90 Å². The topological polar surface area (TPSA) is 20.3 Å². The molecule has 0 spiro atoms. The van der Waals surface area contributed by atoms with Gasteiger partial charge in [0.05, 0.1) is 10.7 Å². The zero-order valence-corrected chi connectivity index (χ0v) is 10.0. The molecular weight excluding hydrogens is 256 g/mol. The van der Waals surface area contributed by atoms with Gasteiger partial charge in [0.1, 0.15) is 0 Å². The lowest BCUT2D eigenvalue weighted by Gasteiger charge is -2.28. The molecule has 2 rings (SSSR count). The predicted molar refractivity (Wildman–Crippen MR) is 63.4 cm³/mol. The van der Waals surface area contributed by atoms with E-state index < -0.39 is 5.37 Å². The van der Waals surface area contributed by atoms with Gasteiger partial charge in [-0.25, -0.2) is 0 Å². The largest absolute Gasteiger partial charge is 0.320 e. The third-order valence-corrected chi connectivity index (χ3v) is 3.13. The molecule has 1 heterocycles. The van der Waals surface area contributed by atoms with Gasteiger partial charge in [0.15, 0.2) is 0 Å². The Labute approximate surface area is 103 Å². The van der Waals surface area contributed by atoms with E-state index in [4.69, 9.17) is 34.8 Å². The Balaban J connectivity index is 2.55. The van der Waals surface area contributed by atoms with Gasteiger partial charge in [0.25, 0.3) is 0 Å². The maximum Gasteiger partial charge on any atom is 0.320 e. The van der Waals surface area contributed by atoms with E-state index in [0.717, 1.165) is 18.4 Å². The molecule has 2 nitrogen and oxygen atoms in total. The molecule has 0 N–H and O–H groups in total. The van der Waals surface area contributed by atoms with Crippen LogP contribution in [0.15, 0.2) is 12.1 Å². The van der Waals surface area contributed by atoms with Crippen LogP contribution in [0.3, 0.4) is 0 Å². The minimum atomic E-state index is -0.500. The third kappa shape index (κ3) is 2.07. The fourth-order valence-corrected chi connectivity index (χ4v) is 2.63. The normalized spacial score (nSPS) is 15.0. The van der Waals surface area contributed by atoms with Crippen LogP contribution in [0.25, 0.3) is 0 Å². The third-order valence-electron chi connectivity index (χ3n) is 2.42. The number of hydrogen-bond acceptors (Lipinski definition) is 1. The van der Waals surface area contributed by atoms with Crippen molar-refractivity contribution in [2.24, 2.45) is 0 Å². The molecule has 0 aliphatic carbocycles. The summed E-state index contributed by atoms with van der Waals surface area (Å²) in [6.07, 6.45) is 1.75. The molecule has 1 amide bonds. The van der Waals surface area contributed by atoms with Crippen LogP contribution in [0.5, 0.6) is 0 Å². The van der Waals surface area contributed by atoms with Crippen LogP contribution in [-0.2, 0) is 6.42 Å². The molecule has 5 heteroatoms. The van der Waals surface area contributed by atoms with E-state index in [1.165, 1.54) is 4.90 Å². The van der Waals surface area contributed by atoms with Crippen molar-refractivity contribution in [3.63, 3.8) is 0 Å². The number of aryl methyl sites for hydroxylation is 1. The number of halogens is 3. The SMILES string of the molecule is O=C(Cl)N1CCCc2cc(Cl)cc(Cl)c21. The van der Waals surface area contributed by atoms with Crippen LogP contribution in [0, 0.1) is 0 Å². The van der Waals surface area contributed by atoms with E-state index in [-0.39, 0.29) is 0 Å². The Hall–Kier alpha value is -0.440. The summed E-state index contributed by atoms with van der Waals surface area (Å²) in [5.74, 6) is 0. The fourth-order valence-electron chi connectivity index (χ4n) is 1.83. The van der Waals surface area contributed by atoms with Crippen molar-refractivity contribution in [3.05, 3.63) is 27.7 Å². The van der Waals surface area contributed by atoms with Crippen LogP contribution in [0.4, 0.5) is 10.5 Å². The first-order chi connectivity index (χ1) is 7.09. The Kier molecular flexibility index (Phi) is 3.10. The van der Waals surface area contributed by atoms with Crippen LogP contribution in [-0.4, -0.2) is 11.9 Å². The van der Waals surface area contributed by atoms with E-state index >= 15 is 0 Å². The Morgan fingerprint density at radius 3 is 2.73 bits per heavy atom. The quantitative estimate of drug-likeness (QED) is 0.510. The molecule has 1 aliphatic heterocycles. The minimum absolute atomic E-state index is 0.478. The second-order valence-electron chi connectivity index (χ2n) is 3.40. The van der Waals surface area contributed by atoms with Gasteiger partial charge >= 0.3 is 5.37 Å². The van der Waals surface area contributed by atoms with E-state index in [0.29, 0.717) is 22.3 Å². The lowest BCUT2D eigenvalue weighted by atomic mass is 10.0. The van der Waals surface area contributed by atoms with Gasteiger partial charge < -0.3 is 0 Å². The average molecular weight is 265 g/mol. The number of rotatable bonds is 0. The van der Waals surface area contributed by atoms with E-state index in [9.17, 15) is 4.79 Å². The standard InChI is InChI=1S/C10H8Cl3NO/c11-7-4-6-2-1-3-14(10(13)15)9(6)8(12)5-7/h4-5H,1-3H2. The monoisotopic (exact) mass is 263 g/mol. The zero-order chi connectivity index (χ0) is 11.0.